The summed E-state index contributed by atoms with van der Waals surface area (Å²) in [6, 6.07) is 13.9. The fourth-order valence-electron chi connectivity index (χ4n) is 2.41. The molecule has 0 spiro atoms. The quantitative estimate of drug-likeness (QED) is 0.598. The number of nitrogens with one attached hydrogen (secondary N) is 2. The summed E-state index contributed by atoms with van der Waals surface area (Å²) in [6.45, 7) is 1.19. The molecule has 0 heterocycles. The van der Waals surface area contributed by atoms with Gasteiger partial charge in [-0.2, -0.15) is 0 Å². The number of rotatable bonds is 9. The van der Waals surface area contributed by atoms with Gasteiger partial charge >= 0.3 is 0 Å². The van der Waals surface area contributed by atoms with Crippen molar-refractivity contribution >= 4 is 15.9 Å². The zero-order valence-electron chi connectivity index (χ0n) is 14.6. The van der Waals surface area contributed by atoms with E-state index in [2.05, 4.69) is 10.6 Å². The van der Waals surface area contributed by atoms with Gasteiger partial charge in [-0.05, 0) is 30.2 Å². The first kappa shape index (κ1) is 19.9. The highest BCUT2D eigenvalue weighted by molar-refractivity contribution is 7.89. The number of benzene rings is 2. The molecule has 0 bridgehead atoms. The highest BCUT2D eigenvalue weighted by Crippen LogP contribution is 2.16. The Labute approximate surface area is 153 Å². The van der Waals surface area contributed by atoms with Gasteiger partial charge in [0.05, 0.1) is 18.6 Å². The summed E-state index contributed by atoms with van der Waals surface area (Å²) < 4.78 is 27.7. The highest BCUT2D eigenvalue weighted by atomic mass is 32.2. The number of methoxy groups -OCH3 is 1. The molecular weight excluding hydrogens is 354 g/mol. The molecule has 0 radical (unpaired) electrons. The average molecular weight is 377 g/mol. The van der Waals surface area contributed by atoms with Crippen LogP contribution < -0.4 is 20.5 Å². The van der Waals surface area contributed by atoms with E-state index in [4.69, 9.17) is 9.88 Å². The van der Waals surface area contributed by atoms with Crippen LogP contribution in [-0.4, -0.2) is 34.5 Å². The Morgan fingerprint density at radius 1 is 1.12 bits per heavy atom. The number of sulfonamides is 1. The molecule has 0 atom stereocenters. The van der Waals surface area contributed by atoms with Crippen LogP contribution in [0.15, 0.2) is 53.4 Å². The number of hydrogen-bond acceptors (Lipinski definition) is 5. The monoisotopic (exact) mass is 377 g/mol. The lowest BCUT2D eigenvalue weighted by Crippen LogP contribution is -2.34. The number of carbonyl (C=O) groups excluding carboxylic acids is 1. The van der Waals surface area contributed by atoms with Gasteiger partial charge in [-0.15, -0.1) is 0 Å². The molecule has 0 fully saturated rings. The van der Waals surface area contributed by atoms with E-state index < -0.39 is 10.0 Å². The third-order valence-corrected chi connectivity index (χ3v) is 4.71. The smallest absolute Gasteiger partial charge is 0.238 e. The summed E-state index contributed by atoms with van der Waals surface area (Å²) in [5.41, 5.74) is 1.90. The summed E-state index contributed by atoms with van der Waals surface area (Å²) >= 11 is 0. The second-order valence-corrected chi connectivity index (χ2v) is 7.27. The Hall–Kier alpha value is -2.42. The lowest BCUT2D eigenvalue weighted by molar-refractivity contribution is -0.120. The molecule has 2 aromatic rings. The molecule has 140 valence electrons. The molecule has 0 aliphatic rings. The Balaban J connectivity index is 1.70. The molecule has 0 aromatic heterocycles. The van der Waals surface area contributed by atoms with Crippen LogP contribution in [0.1, 0.15) is 11.1 Å². The minimum atomic E-state index is -3.68. The van der Waals surface area contributed by atoms with E-state index in [0.717, 1.165) is 16.9 Å². The Morgan fingerprint density at radius 3 is 2.46 bits per heavy atom. The van der Waals surface area contributed by atoms with Crippen molar-refractivity contribution in [3.8, 4) is 5.75 Å². The number of ether oxygens (including phenoxy) is 1. The Morgan fingerprint density at radius 2 is 1.81 bits per heavy atom. The first-order valence-electron chi connectivity index (χ1n) is 8.11. The van der Waals surface area contributed by atoms with Gasteiger partial charge in [-0.3, -0.25) is 4.79 Å². The van der Waals surface area contributed by atoms with Crippen LogP contribution in [0.4, 0.5) is 0 Å². The molecule has 0 saturated carbocycles. The summed E-state index contributed by atoms with van der Waals surface area (Å²) in [4.78, 5) is 11.9. The van der Waals surface area contributed by atoms with Crippen LogP contribution in [0.2, 0.25) is 0 Å². The second-order valence-electron chi connectivity index (χ2n) is 5.70. The Bertz CT molecular complexity index is 836. The van der Waals surface area contributed by atoms with Gasteiger partial charge in [-0.25, -0.2) is 13.6 Å². The van der Waals surface area contributed by atoms with E-state index in [1.165, 1.54) is 12.1 Å². The standard InChI is InChI=1S/C18H23N3O4S/c1-25-17-5-3-2-4-15(17)12-20-13-18(22)21-11-10-14-6-8-16(9-7-14)26(19,23)24/h2-9,20H,10-13H2,1H3,(H,21,22)(H2,19,23,24). The maximum atomic E-state index is 11.9. The van der Waals surface area contributed by atoms with Crippen LogP contribution in [0.25, 0.3) is 0 Å². The van der Waals surface area contributed by atoms with E-state index in [1.54, 1.807) is 19.2 Å². The molecule has 0 aliphatic heterocycles. The molecule has 7 nitrogen and oxygen atoms in total. The number of primary sulfonamides is 1. The van der Waals surface area contributed by atoms with Crippen molar-refractivity contribution in [2.24, 2.45) is 5.14 Å². The lowest BCUT2D eigenvalue weighted by Gasteiger charge is -2.10. The second kappa shape index (κ2) is 9.33. The summed E-state index contributed by atoms with van der Waals surface area (Å²) in [7, 11) is -2.07. The third kappa shape index (κ3) is 6.14. The molecule has 4 N–H and O–H groups in total. The van der Waals surface area contributed by atoms with E-state index in [0.29, 0.717) is 19.5 Å². The molecular formula is C18H23N3O4S. The normalized spacial score (nSPS) is 11.2. The molecule has 0 saturated heterocycles. The molecule has 2 aromatic carbocycles. The summed E-state index contributed by atoms with van der Waals surface area (Å²) in [5.74, 6) is 0.671. The van der Waals surface area contributed by atoms with Gasteiger partial charge in [-0.1, -0.05) is 30.3 Å². The minimum absolute atomic E-state index is 0.0748. The predicted octanol–water partition coefficient (Wildman–Crippen LogP) is 0.791. The van der Waals surface area contributed by atoms with Crippen LogP contribution in [-0.2, 0) is 27.8 Å². The van der Waals surface area contributed by atoms with Gasteiger partial charge < -0.3 is 15.4 Å². The summed E-state index contributed by atoms with van der Waals surface area (Å²) in [5, 5.41) is 10.9. The van der Waals surface area contributed by atoms with Crippen LogP contribution >= 0.6 is 0 Å². The van der Waals surface area contributed by atoms with Gasteiger partial charge in [0.25, 0.3) is 0 Å². The van der Waals surface area contributed by atoms with Gasteiger partial charge in [0.15, 0.2) is 0 Å². The number of para-hydroxylation sites is 1. The van der Waals surface area contributed by atoms with Gasteiger partial charge in [0, 0.05) is 18.7 Å². The van der Waals surface area contributed by atoms with Gasteiger partial charge in [0.2, 0.25) is 15.9 Å². The van der Waals surface area contributed by atoms with E-state index >= 15 is 0 Å². The first-order valence-corrected chi connectivity index (χ1v) is 9.66. The van der Waals surface area contributed by atoms with E-state index in [-0.39, 0.29) is 17.3 Å². The number of hydrogen-bond donors (Lipinski definition) is 3. The largest absolute Gasteiger partial charge is 0.496 e. The van der Waals surface area contributed by atoms with Crippen LogP contribution in [0.5, 0.6) is 5.75 Å². The minimum Gasteiger partial charge on any atom is -0.496 e. The number of carbonyl (C=O) groups is 1. The molecule has 2 rings (SSSR count). The summed E-state index contributed by atoms with van der Waals surface area (Å²) in [6.07, 6.45) is 0.600. The highest BCUT2D eigenvalue weighted by Gasteiger charge is 2.07. The zero-order chi connectivity index (χ0) is 19.0. The van der Waals surface area contributed by atoms with Crippen molar-refractivity contribution in [2.45, 2.75) is 17.9 Å². The Kier molecular flexibility index (Phi) is 7.14. The van der Waals surface area contributed by atoms with E-state index in [9.17, 15) is 13.2 Å². The molecule has 0 unspecified atom stereocenters. The van der Waals surface area contributed by atoms with Crippen molar-refractivity contribution in [1.29, 1.82) is 0 Å². The molecule has 1 amide bonds. The average Bonchev–Trinajstić information content (AvgIpc) is 2.62. The van der Waals surface area contributed by atoms with Gasteiger partial charge in [0.1, 0.15) is 5.75 Å². The van der Waals surface area contributed by atoms with Crippen molar-refractivity contribution in [3.05, 3.63) is 59.7 Å². The van der Waals surface area contributed by atoms with E-state index in [1.807, 2.05) is 24.3 Å². The fraction of sp³-hybridized carbons (Fsp3) is 0.278. The fourth-order valence-corrected chi connectivity index (χ4v) is 2.93. The van der Waals surface area contributed by atoms with Crippen molar-refractivity contribution in [2.75, 3.05) is 20.2 Å². The van der Waals surface area contributed by atoms with Crippen LogP contribution in [0.3, 0.4) is 0 Å². The van der Waals surface area contributed by atoms with Crippen molar-refractivity contribution in [3.63, 3.8) is 0 Å². The zero-order valence-corrected chi connectivity index (χ0v) is 15.4. The third-order valence-electron chi connectivity index (χ3n) is 3.78. The maximum Gasteiger partial charge on any atom is 0.238 e. The lowest BCUT2D eigenvalue weighted by atomic mass is 10.1. The predicted molar refractivity (Wildman–Crippen MR) is 99.2 cm³/mol. The molecule has 26 heavy (non-hydrogen) atoms. The first-order chi connectivity index (χ1) is 12.4. The number of nitrogens with two attached hydrogens (primary N) is 1. The topological polar surface area (TPSA) is 111 Å². The maximum absolute atomic E-state index is 11.9. The molecule has 0 aliphatic carbocycles. The van der Waals surface area contributed by atoms with Crippen LogP contribution in [0, 0.1) is 0 Å². The number of amides is 1. The van der Waals surface area contributed by atoms with Crippen molar-refractivity contribution in [1.82, 2.24) is 10.6 Å². The molecule has 8 heteroatoms. The SMILES string of the molecule is COc1ccccc1CNCC(=O)NCCc1ccc(S(N)(=O)=O)cc1. The van der Waals surface area contributed by atoms with Crippen molar-refractivity contribution < 1.29 is 17.9 Å².